The monoisotopic (exact) mass is 158 g/mol. The molecular formula is C9H18O2. The van der Waals surface area contributed by atoms with Crippen molar-refractivity contribution >= 4 is 0 Å². The molecule has 1 N–H and O–H groups in total. The standard InChI is InChI=1S/C9H18O2/c1-4-8-9(10)7(3)6(2)5-11-8/h6-10H,4-5H2,1-3H3/t6-,7+,8+,9-/m0/s1. The summed E-state index contributed by atoms with van der Waals surface area (Å²) in [6, 6.07) is 0. The molecule has 66 valence electrons. The minimum absolute atomic E-state index is 0.0706. The maximum absolute atomic E-state index is 9.68. The van der Waals surface area contributed by atoms with Crippen molar-refractivity contribution in [1.82, 2.24) is 0 Å². The zero-order valence-electron chi connectivity index (χ0n) is 7.58. The van der Waals surface area contributed by atoms with Crippen LogP contribution in [-0.2, 0) is 4.74 Å². The maximum Gasteiger partial charge on any atom is 0.0834 e. The first-order valence-corrected chi connectivity index (χ1v) is 4.46. The van der Waals surface area contributed by atoms with Crippen LogP contribution in [0.2, 0.25) is 0 Å². The molecule has 0 amide bonds. The van der Waals surface area contributed by atoms with Crippen LogP contribution < -0.4 is 0 Å². The third kappa shape index (κ3) is 1.74. The molecule has 0 spiro atoms. The molecule has 11 heavy (non-hydrogen) atoms. The highest BCUT2D eigenvalue weighted by atomic mass is 16.5. The molecule has 4 atom stereocenters. The minimum atomic E-state index is -0.260. The Morgan fingerprint density at radius 2 is 2.09 bits per heavy atom. The van der Waals surface area contributed by atoms with E-state index in [0.29, 0.717) is 11.8 Å². The van der Waals surface area contributed by atoms with Gasteiger partial charge in [0.15, 0.2) is 0 Å². The van der Waals surface area contributed by atoms with E-state index in [0.717, 1.165) is 13.0 Å². The van der Waals surface area contributed by atoms with E-state index in [1.165, 1.54) is 0 Å². The Labute approximate surface area is 68.6 Å². The normalized spacial score (nSPS) is 45.8. The summed E-state index contributed by atoms with van der Waals surface area (Å²) in [6.45, 7) is 7.08. The van der Waals surface area contributed by atoms with Gasteiger partial charge in [-0.2, -0.15) is 0 Å². The van der Waals surface area contributed by atoms with Gasteiger partial charge in [0.25, 0.3) is 0 Å². The summed E-state index contributed by atoms with van der Waals surface area (Å²) >= 11 is 0. The first-order chi connectivity index (χ1) is 5.16. The third-order valence-corrected chi connectivity index (χ3v) is 2.79. The van der Waals surface area contributed by atoms with Crippen molar-refractivity contribution in [2.75, 3.05) is 6.61 Å². The molecule has 1 aliphatic heterocycles. The van der Waals surface area contributed by atoms with E-state index in [4.69, 9.17) is 4.74 Å². The molecule has 0 unspecified atom stereocenters. The Balaban J connectivity index is 2.52. The predicted molar refractivity (Wildman–Crippen MR) is 44.4 cm³/mol. The Hall–Kier alpha value is -0.0800. The summed E-state index contributed by atoms with van der Waals surface area (Å²) in [7, 11) is 0. The molecule has 1 aliphatic rings. The van der Waals surface area contributed by atoms with Crippen molar-refractivity contribution in [2.45, 2.75) is 39.4 Å². The lowest BCUT2D eigenvalue weighted by Gasteiger charge is -2.36. The van der Waals surface area contributed by atoms with Gasteiger partial charge in [-0.15, -0.1) is 0 Å². The highest BCUT2D eigenvalue weighted by molar-refractivity contribution is 4.81. The second-order valence-electron chi connectivity index (χ2n) is 3.61. The first-order valence-electron chi connectivity index (χ1n) is 4.46. The molecule has 2 nitrogen and oxygen atoms in total. The summed E-state index contributed by atoms with van der Waals surface area (Å²) in [5, 5.41) is 9.68. The van der Waals surface area contributed by atoms with E-state index < -0.39 is 0 Å². The van der Waals surface area contributed by atoms with Gasteiger partial charge in [0.05, 0.1) is 12.2 Å². The molecule has 1 saturated heterocycles. The lowest BCUT2D eigenvalue weighted by molar-refractivity contribution is -0.125. The fraction of sp³-hybridized carbons (Fsp3) is 1.00. The fourth-order valence-electron chi connectivity index (χ4n) is 1.56. The summed E-state index contributed by atoms with van der Waals surface area (Å²) in [4.78, 5) is 0. The minimum Gasteiger partial charge on any atom is -0.390 e. The Kier molecular flexibility index (Phi) is 2.90. The van der Waals surface area contributed by atoms with Crippen LogP contribution in [0.5, 0.6) is 0 Å². The summed E-state index contributed by atoms with van der Waals surface area (Å²) in [5.41, 5.74) is 0. The third-order valence-electron chi connectivity index (χ3n) is 2.79. The quantitative estimate of drug-likeness (QED) is 0.625. The summed E-state index contributed by atoms with van der Waals surface area (Å²) < 4.78 is 5.47. The van der Waals surface area contributed by atoms with Crippen LogP contribution in [0.1, 0.15) is 27.2 Å². The Morgan fingerprint density at radius 1 is 1.45 bits per heavy atom. The van der Waals surface area contributed by atoms with E-state index >= 15 is 0 Å². The molecule has 0 bridgehead atoms. The van der Waals surface area contributed by atoms with E-state index in [9.17, 15) is 5.11 Å². The molecule has 0 radical (unpaired) electrons. The number of rotatable bonds is 1. The lowest BCUT2D eigenvalue weighted by atomic mass is 9.85. The van der Waals surface area contributed by atoms with Gasteiger partial charge in [0.1, 0.15) is 0 Å². The van der Waals surface area contributed by atoms with Crippen molar-refractivity contribution in [1.29, 1.82) is 0 Å². The first kappa shape index (κ1) is 9.01. The van der Waals surface area contributed by atoms with Crippen LogP contribution in [0.3, 0.4) is 0 Å². The van der Waals surface area contributed by atoms with E-state index in [2.05, 4.69) is 20.8 Å². The second-order valence-corrected chi connectivity index (χ2v) is 3.61. The molecule has 1 heterocycles. The van der Waals surface area contributed by atoms with Gasteiger partial charge in [-0.05, 0) is 18.3 Å². The number of aliphatic hydroxyl groups excluding tert-OH is 1. The van der Waals surface area contributed by atoms with Crippen LogP contribution in [0.25, 0.3) is 0 Å². The molecule has 0 saturated carbocycles. The zero-order valence-corrected chi connectivity index (χ0v) is 7.58. The van der Waals surface area contributed by atoms with Crippen LogP contribution in [0.4, 0.5) is 0 Å². The molecule has 0 aromatic heterocycles. The molecule has 0 aromatic carbocycles. The lowest BCUT2D eigenvalue weighted by Crippen LogP contribution is -2.43. The highest BCUT2D eigenvalue weighted by Gasteiger charge is 2.32. The molecule has 1 rings (SSSR count). The van der Waals surface area contributed by atoms with Gasteiger partial charge >= 0.3 is 0 Å². The largest absolute Gasteiger partial charge is 0.390 e. The predicted octanol–water partition coefficient (Wildman–Crippen LogP) is 1.43. The number of hydrogen-bond acceptors (Lipinski definition) is 2. The van der Waals surface area contributed by atoms with Gasteiger partial charge in [-0.25, -0.2) is 0 Å². The molecule has 1 fully saturated rings. The van der Waals surface area contributed by atoms with Crippen molar-refractivity contribution < 1.29 is 9.84 Å². The Morgan fingerprint density at radius 3 is 2.64 bits per heavy atom. The van der Waals surface area contributed by atoms with Crippen molar-refractivity contribution in [3.8, 4) is 0 Å². The van der Waals surface area contributed by atoms with Crippen molar-refractivity contribution in [3.63, 3.8) is 0 Å². The van der Waals surface area contributed by atoms with Gasteiger partial charge < -0.3 is 9.84 Å². The van der Waals surface area contributed by atoms with E-state index in [-0.39, 0.29) is 12.2 Å². The Bertz CT molecular complexity index is 123. The molecule has 0 aliphatic carbocycles. The topological polar surface area (TPSA) is 29.5 Å². The smallest absolute Gasteiger partial charge is 0.0834 e. The van der Waals surface area contributed by atoms with Gasteiger partial charge in [0, 0.05) is 6.61 Å². The van der Waals surface area contributed by atoms with E-state index in [1.54, 1.807) is 0 Å². The van der Waals surface area contributed by atoms with Crippen molar-refractivity contribution in [2.24, 2.45) is 11.8 Å². The highest BCUT2D eigenvalue weighted by Crippen LogP contribution is 2.26. The van der Waals surface area contributed by atoms with Gasteiger partial charge in [-0.3, -0.25) is 0 Å². The average molecular weight is 158 g/mol. The molecule has 2 heteroatoms. The van der Waals surface area contributed by atoms with Crippen LogP contribution >= 0.6 is 0 Å². The van der Waals surface area contributed by atoms with Crippen LogP contribution in [0.15, 0.2) is 0 Å². The average Bonchev–Trinajstić information content (AvgIpc) is 2.01. The number of aliphatic hydroxyl groups is 1. The second kappa shape index (κ2) is 3.55. The maximum atomic E-state index is 9.68. The summed E-state index contributed by atoms with van der Waals surface area (Å²) in [6.07, 6.45) is 0.725. The van der Waals surface area contributed by atoms with Gasteiger partial charge in [0.2, 0.25) is 0 Å². The molecule has 0 aromatic rings. The number of hydrogen-bond donors (Lipinski definition) is 1. The van der Waals surface area contributed by atoms with Crippen LogP contribution in [0, 0.1) is 11.8 Å². The zero-order chi connectivity index (χ0) is 8.43. The van der Waals surface area contributed by atoms with Crippen LogP contribution in [-0.4, -0.2) is 23.9 Å². The fourth-order valence-corrected chi connectivity index (χ4v) is 1.56. The molecular weight excluding hydrogens is 140 g/mol. The van der Waals surface area contributed by atoms with E-state index in [1.807, 2.05) is 0 Å². The number of ether oxygens (including phenoxy) is 1. The summed E-state index contributed by atoms with van der Waals surface area (Å²) in [5.74, 6) is 0.876. The van der Waals surface area contributed by atoms with Gasteiger partial charge in [-0.1, -0.05) is 20.8 Å². The van der Waals surface area contributed by atoms with Crippen molar-refractivity contribution in [3.05, 3.63) is 0 Å². The SMILES string of the molecule is CC[C@H]1OC[C@H](C)[C@@H](C)[C@@H]1O.